The SMILES string of the molecule is Cc1ccc(NC(=O)C(C)C)cc1-c1ccco1. The van der Waals surface area contributed by atoms with Gasteiger partial charge in [0.1, 0.15) is 5.76 Å². The molecule has 1 N–H and O–H groups in total. The Hall–Kier alpha value is -2.03. The van der Waals surface area contributed by atoms with Crippen LogP contribution in [0.25, 0.3) is 11.3 Å². The van der Waals surface area contributed by atoms with E-state index >= 15 is 0 Å². The van der Waals surface area contributed by atoms with Crippen molar-refractivity contribution in [3.8, 4) is 11.3 Å². The first kappa shape index (κ1) is 12.4. The fourth-order valence-corrected chi connectivity index (χ4v) is 1.68. The molecule has 0 bridgehead atoms. The van der Waals surface area contributed by atoms with Crippen LogP contribution in [-0.2, 0) is 4.79 Å². The molecule has 1 aromatic carbocycles. The van der Waals surface area contributed by atoms with Gasteiger partial charge in [-0.1, -0.05) is 19.9 Å². The van der Waals surface area contributed by atoms with E-state index in [0.29, 0.717) is 0 Å². The van der Waals surface area contributed by atoms with E-state index in [2.05, 4.69) is 5.32 Å². The Morgan fingerprint density at radius 3 is 2.67 bits per heavy atom. The molecular weight excluding hydrogens is 226 g/mol. The van der Waals surface area contributed by atoms with Gasteiger partial charge in [0.15, 0.2) is 0 Å². The first-order valence-corrected chi connectivity index (χ1v) is 6.03. The average Bonchev–Trinajstić information content (AvgIpc) is 2.85. The second-order valence-corrected chi connectivity index (χ2v) is 4.65. The highest BCUT2D eigenvalue weighted by molar-refractivity contribution is 5.92. The molecule has 0 spiro atoms. The van der Waals surface area contributed by atoms with Crippen LogP contribution in [-0.4, -0.2) is 5.91 Å². The molecule has 2 rings (SSSR count). The zero-order chi connectivity index (χ0) is 13.1. The first-order valence-electron chi connectivity index (χ1n) is 6.03. The highest BCUT2D eigenvalue weighted by atomic mass is 16.3. The molecule has 1 heterocycles. The van der Waals surface area contributed by atoms with Crippen LogP contribution in [0.4, 0.5) is 5.69 Å². The number of carbonyl (C=O) groups excluding carboxylic acids is 1. The van der Waals surface area contributed by atoms with Gasteiger partial charge in [0.25, 0.3) is 0 Å². The molecule has 0 aliphatic heterocycles. The zero-order valence-corrected chi connectivity index (χ0v) is 10.9. The molecule has 3 nitrogen and oxygen atoms in total. The monoisotopic (exact) mass is 243 g/mol. The molecule has 18 heavy (non-hydrogen) atoms. The second-order valence-electron chi connectivity index (χ2n) is 4.65. The predicted molar refractivity (Wildman–Crippen MR) is 72.3 cm³/mol. The van der Waals surface area contributed by atoms with Crippen molar-refractivity contribution in [1.29, 1.82) is 0 Å². The minimum absolute atomic E-state index is 0.0178. The van der Waals surface area contributed by atoms with E-state index in [1.54, 1.807) is 6.26 Å². The summed E-state index contributed by atoms with van der Waals surface area (Å²) >= 11 is 0. The topological polar surface area (TPSA) is 42.2 Å². The van der Waals surface area contributed by atoms with E-state index in [9.17, 15) is 4.79 Å². The molecule has 0 saturated carbocycles. The van der Waals surface area contributed by atoms with Gasteiger partial charge < -0.3 is 9.73 Å². The normalized spacial score (nSPS) is 10.7. The molecule has 1 aromatic heterocycles. The molecule has 0 radical (unpaired) electrons. The lowest BCUT2D eigenvalue weighted by atomic mass is 10.1. The molecular formula is C15H17NO2. The number of carbonyl (C=O) groups is 1. The molecule has 0 aliphatic rings. The lowest BCUT2D eigenvalue weighted by molar-refractivity contribution is -0.118. The maximum atomic E-state index is 11.7. The first-order chi connectivity index (χ1) is 8.58. The maximum Gasteiger partial charge on any atom is 0.226 e. The molecule has 1 amide bonds. The molecule has 94 valence electrons. The molecule has 0 unspecified atom stereocenters. The van der Waals surface area contributed by atoms with Gasteiger partial charge in [-0.05, 0) is 36.8 Å². The van der Waals surface area contributed by atoms with E-state index in [0.717, 1.165) is 22.6 Å². The number of furan rings is 1. The van der Waals surface area contributed by atoms with Gasteiger partial charge in [-0.15, -0.1) is 0 Å². The summed E-state index contributed by atoms with van der Waals surface area (Å²) in [5.41, 5.74) is 2.92. The van der Waals surface area contributed by atoms with Gasteiger partial charge in [-0.3, -0.25) is 4.79 Å². The van der Waals surface area contributed by atoms with Crippen LogP contribution in [0.3, 0.4) is 0 Å². The van der Waals surface area contributed by atoms with Crippen LogP contribution in [0.1, 0.15) is 19.4 Å². The summed E-state index contributed by atoms with van der Waals surface area (Å²) in [7, 11) is 0. The van der Waals surface area contributed by atoms with Gasteiger partial charge in [-0.2, -0.15) is 0 Å². The van der Waals surface area contributed by atoms with Crippen molar-refractivity contribution >= 4 is 11.6 Å². The Bertz CT molecular complexity index is 542. The van der Waals surface area contributed by atoms with Crippen LogP contribution in [0, 0.1) is 12.8 Å². The second kappa shape index (κ2) is 5.08. The summed E-state index contributed by atoms with van der Waals surface area (Å²) in [6, 6.07) is 9.59. The molecule has 0 saturated heterocycles. The minimum atomic E-state index is -0.0293. The van der Waals surface area contributed by atoms with Crippen molar-refractivity contribution in [3.05, 3.63) is 42.2 Å². The largest absolute Gasteiger partial charge is 0.464 e. The van der Waals surface area contributed by atoms with E-state index < -0.39 is 0 Å². The summed E-state index contributed by atoms with van der Waals surface area (Å²) in [5.74, 6) is 0.802. The van der Waals surface area contributed by atoms with Gasteiger partial charge in [0.2, 0.25) is 5.91 Å². The van der Waals surface area contributed by atoms with Gasteiger partial charge >= 0.3 is 0 Å². The lowest BCUT2D eigenvalue weighted by Gasteiger charge is -2.10. The minimum Gasteiger partial charge on any atom is -0.464 e. The third-order valence-corrected chi connectivity index (χ3v) is 2.82. The smallest absolute Gasteiger partial charge is 0.226 e. The summed E-state index contributed by atoms with van der Waals surface area (Å²) in [6.07, 6.45) is 1.65. The number of hydrogen-bond acceptors (Lipinski definition) is 2. The standard InChI is InChI=1S/C15H17NO2/c1-10(2)15(17)16-12-7-6-11(3)13(9-12)14-5-4-8-18-14/h4-10H,1-3H3,(H,16,17). The van der Waals surface area contributed by atoms with Crippen molar-refractivity contribution in [2.75, 3.05) is 5.32 Å². The number of benzene rings is 1. The van der Waals surface area contributed by atoms with Crippen molar-refractivity contribution in [2.24, 2.45) is 5.92 Å². The highest BCUT2D eigenvalue weighted by Gasteiger charge is 2.10. The van der Waals surface area contributed by atoms with Crippen molar-refractivity contribution in [3.63, 3.8) is 0 Å². The van der Waals surface area contributed by atoms with Crippen molar-refractivity contribution in [2.45, 2.75) is 20.8 Å². The molecule has 3 heteroatoms. The van der Waals surface area contributed by atoms with E-state index in [4.69, 9.17) is 4.42 Å². The highest BCUT2D eigenvalue weighted by Crippen LogP contribution is 2.27. The van der Waals surface area contributed by atoms with Gasteiger partial charge in [-0.25, -0.2) is 0 Å². The number of amides is 1. The van der Waals surface area contributed by atoms with Crippen LogP contribution in [0.5, 0.6) is 0 Å². The predicted octanol–water partition coefficient (Wildman–Crippen LogP) is 3.85. The summed E-state index contributed by atoms with van der Waals surface area (Å²) in [5, 5.41) is 2.89. The molecule has 0 atom stereocenters. The van der Waals surface area contributed by atoms with E-state index in [-0.39, 0.29) is 11.8 Å². The number of rotatable bonds is 3. The fourth-order valence-electron chi connectivity index (χ4n) is 1.68. The molecule has 0 aliphatic carbocycles. The number of nitrogens with one attached hydrogen (secondary N) is 1. The Morgan fingerprint density at radius 1 is 1.28 bits per heavy atom. The number of hydrogen-bond donors (Lipinski definition) is 1. The average molecular weight is 243 g/mol. The van der Waals surface area contributed by atoms with Crippen LogP contribution in [0.15, 0.2) is 41.0 Å². The van der Waals surface area contributed by atoms with Crippen molar-refractivity contribution in [1.82, 2.24) is 0 Å². The van der Waals surface area contributed by atoms with Crippen molar-refractivity contribution < 1.29 is 9.21 Å². The van der Waals surface area contributed by atoms with Gasteiger partial charge in [0.05, 0.1) is 6.26 Å². The fraction of sp³-hybridized carbons (Fsp3) is 0.267. The third kappa shape index (κ3) is 2.62. The Labute approximate surface area is 107 Å². The maximum absolute atomic E-state index is 11.7. The summed E-state index contributed by atoms with van der Waals surface area (Å²) < 4.78 is 5.40. The number of anilines is 1. The molecule has 2 aromatic rings. The Morgan fingerprint density at radius 2 is 2.06 bits per heavy atom. The Balaban J connectivity index is 2.30. The quantitative estimate of drug-likeness (QED) is 0.889. The van der Waals surface area contributed by atoms with Gasteiger partial charge in [0, 0.05) is 17.2 Å². The van der Waals surface area contributed by atoms with Crippen LogP contribution < -0.4 is 5.32 Å². The lowest BCUT2D eigenvalue weighted by Crippen LogP contribution is -2.17. The Kier molecular flexibility index (Phi) is 3.51. The zero-order valence-electron chi connectivity index (χ0n) is 10.9. The third-order valence-electron chi connectivity index (χ3n) is 2.82. The summed E-state index contributed by atoms with van der Waals surface area (Å²) in [6.45, 7) is 5.76. The molecule has 0 fully saturated rings. The summed E-state index contributed by atoms with van der Waals surface area (Å²) in [4.78, 5) is 11.7. The van der Waals surface area contributed by atoms with E-state index in [1.165, 1.54) is 0 Å². The van der Waals surface area contributed by atoms with Crippen LogP contribution in [0.2, 0.25) is 0 Å². The van der Waals surface area contributed by atoms with E-state index in [1.807, 2.05) is 51.1 Å². The van der Waals surface area contributed by atoms with Crippen LogP contribution >= 0.6 is 0 Å². The number of aryl methyl sites for hydroxylation is 1.